The number of phenolic OH excluding ortho intramolecular Hbond substituents is 2. The minimum absolute atomic E-state index is 0.00961. The van der Waals surface area contributed by atoms with Crippen LogP contribution in [-0.4, -0.2) is 31.7 Å². The number of hydrogen-bond acceptors (Lipinski definition) is 8. The predicted molar refractivity (Wildman–Crippen MR) is 171 cm³/mol. The van der Waals surface area contributed by atoms with Gasteiger partial charge in [0.15, 0.2) is 11.5 Å². The summed E-state index contributed by atoms with van der Waals surface area (Å²) in [7, 11) is 0. The Hall–Kier alpha value is -6.42. The minimum atomic E-state index is -0.416. The minimum Gasteiger partial charge on any atom is -0.508 e. The van der Waals surface area contributed by atoms with Crippen LogP contribution in [0.1, 0.15) is 43.6 Å². The van der Waals surface area contributed by atoms with Gasteiger partial charge in [0.1, 0.15) is 22.7 Å². The molecule has 0 bridgehead atoms. The van der Waals surface area contributed by atoms with E-state index in [1.165, 1.54) is 12.1 Å². The molecule has 0 fully saturated rings. The number of benzene rings is 4. The Morgan fingerprint density at radius 3 is 1.49 bits per heavy atom. The zero-order valence-corrected chi connectivity index (χ0v) is 23.5. The van der Waals surface area contributed by atoms with Gasteiger partial charge in [-0.25, -0.2) is 0 Å². The molecule has 0 saturated heterocycles. The molecule has 8 rings (SSSR count). The highest BCUT2D eigenvalue weighted by molar-refractivity contribution is 6.14. The standard InChI is InChI=1S/C35H24N4O6/c36-18-1-7-28-16(9-18)11-30(44-28)34(42)32-24(22-13-20(40)3-5-26(22)38-32)15-25-23-14-21(41)4-6-27(23)39-33(25)35(43)31-12-17-10-19(37)2-8-29(17)45-31/h1-14,38-41H,15,36-37H2. The third kappa shape index (κ3) is 4.27. The molecule has 4 heterocycles. The molecule has 0 unspecified atom stereocenters. The summed E-state index contributed by atoms with van der Waals surface area (Å²) in [5.41, 5.74) is 16.7. The number of nitrogens with two attached hydrogens (primary N) is 2. The van der Waals surface area contributed by atoms with E-state index in [1.807, 2.05) is 0 Å². The molecule has 10 nitrogen and oxygen atoms in total. The molecule has 8 aromatic rings. The number of anilines is 2. The molecular weight excluding hydrogens is 572 g/mol. The fraction of sp³-hybridized carbons (Fsp3) is 0.0286. The Balaban J connectivity index is 1.31. The van der Waals surface area contributed by atoms with Gasteiger partial charge in [0.25, 0.3) is 0 Å². The molecule has 0 aliphatic carbocycles. The zero-order valence-electron chi connectivity index (χ0n) is 23.5. The van der Waals surface area contributed by atoms with Crippen LogP contribution in [0.5, 0.6) is 11.5 Å². The van der Waals surface area contributed by atoms with Gasteiger partial charge in [-0.05, 0) is 96.1 Å². The molecule has 0 radical (unpaired) electrons. The maximum absolute atomic E-state index is 14.0. The van der Waals surface area contributed by atoms with E-state index in [9.17, 15) is 19.8 Å². The lowest BCUT2D eigenvalue weighted by molar-refractivity contribution is 0.100. The third-order valence-corrected chi connectivity index (χ3v) is 8.12. The van der Waals surface area contributed by atoms with Crippen molar-refractivity contribution in [2.75, 3.05) is 11.5 Å². The van der Waals surface area contributed by atoms with E-state index in [4.69, 9.17) is 20.3 Å². The van der Waals surface area contributed by atoms with Crippen LogP contribution in [0.25, 0.3) is 43.7 Å². The summed E-state index contributed by atoms with van der Waals surface area (Å²) in [6, 6.07) is 23.0. The van der Waals surface area contributed by atoms with E-state index >= 15 is 0 Å². The van der Waals surface area contributed by atoms with Gasteiger partial charge in [0.2, 0.25) is 11.6 Å². The maximum atomic E-state index is 14.0. The van der Waals surface area contributed by atoms with Crippen LogP contribution in [0, 0.1) is 0 Å². The molecule has 0 amide bonds. The van der Waals surface area contributed by atoms with Crippen molar-refractivity contribution in [3.8, 4) is 11.5 Å². The number of ketones is 2. The van der Waals surface area contributed by atoms with Gasteiger partial charge >= 0.3 is 0 Å². The van der Waals surface area contributed by atoms with E-state index in [0.29, 0.717) is 66.2 Å². The van der Waals surface area contributed by atoms with E-state index in [2.05, 4.69) is 9.97 Å². The fourth-order valence-corrected chi connectivity index (χ4v) is 6.00. The Bertz CT molecular complexity index is 2340. The Morgan fingerprint density at radius 1 is 0.600 bits per heavy atom. The van der Waals surface area contributed by atoms with Crippen molar-refractivity contribution in [1.29, 1.82) is 0 Å². The molecule has 10 heteroatoms. The van der Waals surface area contributed by atoms with Crippen LogP contribution in [0.3, 0.4) is 0 Å². The van der Waals surface area contributed by atoms with Crippen LogP contribution < -0.4 is 11.5 Å². The molecule has 0 aliphatic rings. The molecule has 220 valence electrons. The molecule has 0 saturated carbocycles. The third-order valence-electron chi connectivity index (χ3n) is 8.12. The molecule has 0 atom stereocenters. The summed E-state index contributed by atoms with van der Waals surface area (Å²) in [5, 5.41) is 23.4. The molecule has 8 N–H and O–H groups in total. The van der Waals surface area contributed by atoms with Crippen LogP contribution >= 0.6 is 0 Å². The van der Waals surface area contributed by atoms with Crippen LogP contribution in [0.15, 0.2) is 93.8 Å². The SMILES string of the molecule is Nc1ccc2oc(C(=O)c3[nH]c4ccc(O)cc4c3Cc3c(C(=O)c4cc5cc(N)ccc5o4)[nH]c4ccc(O)cc34)cc2c1. The average Bonchev–Trinajstić information content (AvgIpc) is 3.79. The number of nitrogens with one attached hydrogen (secondary N) is 2. The molecule has 45 heavy (non-hydrogen) atoms. The van der Waals surface area contributed by atoms with E-state index in [1.54, 1.807) is 72.8 Å². The number of rotatable bonds is 6. The summed E-state index contributed by atoms with van der Waals surface area (Å²) in [5.74, 6) is -0.614. The van der Waals surface area contributed by atoms with E-state index in [0.717, 1.165) is 0 Å². The van der Waals surface area contributed by atoms with Crippen molar-refractivity contribution in [3.63, 3.8) is 0 Å². The van der Waals surface area contributed by atoms with Crippen molar-refractivity contribution in [1.82, 2.24) is 9.97 Å². The average molecular weight is 597 g/mol. The number of carbonyl (C=O) groups excluding carboxylic acids is 2. The highest BCUT2D eigenvalue weighted by atomic mass is 16.3. The van der Waals surface area contributed by atoms with Gasteiger partial charge in [-0.15, -0.1) is 0 Å². The monoisotopic (exact) mass is 596 g/mol. The Morgan fingerprint density at radius 2 is 1.04 bits per heavy atom. The van der Waals surface area contributed by atoms with Crippen molar-refractivity contribution in [3.05, 3.63) is 119 Å². The quantitative estimate of drug-likeness (QED) is 0.0897. The molecule has 0 aliphatic heterocycles. The van der Waals surface area contributed by atoms with Gasteiger partial charge in [-0.2, -0.15) is 0 Å². The molecular formula is C35H24N4O6. The van der Waals surface area contributed by atoms with Gasteiger partial charge in [0.05, 0.1) is 11.4 Å². The first-order valence-corrected chi connectivity index (χ1v) is 14.1. The number of aromatic nitrogens is 2. The first kappa shape index (κ1) is 26.2. The van der Waals surface area contributed by atoms with Gasteiger partial charge in [-0.3, -0.25) is 9.59 Å². The predicted octanol–water partition coefficient (Wildman–Crippen LogP) is 6.77. The van der Waals surface area contributed by atoms with Crippen molar-refractivity contribution in [2.45, 2.75) is 6.42 Å². The van der Waals surface area contributed by atoms with Crippen molar-refractivity contribution in [2.24, 2.45) is 0 Å². The van der Waals surface area contributed by atoms with Crippen LogP contribution in [0.2, 0.25) is 0 Å². The van der Waals surface area contributed by atoms with E-state index in [-0.39, 0.29) is 40.8 Å². The number of aromatic hydroxyl groups is 2. The number of hydrogen-bond donors (Lipinski definition) is 6. The summed E-state index contributed by atoms with van der Waals surface area (Å²) in [6.07, 6.45) is 0.0788. The molecule has 4 aromatic carbocycles. The lowest BCUT2D eigenvalue weighted by Gasteiger charge is -2.07. The second-order valence-electron chi connectivity index (χ2n) is 11.1. The second kappa shape index (κ2) is 9.55. The fourth-order valence-electron chi connectivity index (χ4n) is 6.00. The number of fused-ring (bicyclic) bond motifs is 4. The topological polar surface area (TPSA) is 184 Å². The largest absolute Gasteiger partial charge is 0.508 e. The first-order chi connectivity index (χ1) is 21.7. The smallest absolute Gasteiger partial charge is 0.244 e. The summed E-state index contributed by atoms with van der Waals surface area (Å²) in [6.45, 7) is 0. The highest BCUT2D eigenvalue weighted by Crippen LogP contribution is 2.36. The Kier molecular flexibility index (Phi) is 5.56. The molecule has 0 spiro atoms. The Labute approximate surface area is 253 Å². The normalized spacial score (nSPS) is 11.7. The molecule has 4 aromatic heterocycles. The summed E-state index contributed by atoms with van der Waals surface area (Å²) >= 11 is 0. The van der Waals surface area contributed by atoms with Crippen LogP contribution in [0.4, 0.5) is 11.4 Å². The van der Waals surface area contributed by atoms with Crippen LogP contribution in [-0.2, 0) is 6.42 Å². The number of furan rings is 2. The lowest BCUT2D eigenvalue weighted by Crippen LogP contribution is -2.08. The van der Waals surface area contributed by atoms with Gasteiger partial charge in [0, 0.05) is 50.4 Å². The van der Waals surface area contributed by atoms with Crippen molar-refractivity contribution >= 4 is 66.7 Å². The van der Waals surface area contributed by atoms with Crippen molar-refractivity contribution < 1.29 is 28.6 Å². The number of nitrogen functional groups attached to an aromatic ring is 2. The zero-order chi connectivity index (χ0) is 31.0. The van der Waals surface area contributed by atoms with Gasteiger partial charge < -0.3 is 40.5 Å². The summed E-state index contributed by atoms with van der Waals surface area (Å²) < 4.78 is 11.8. The number of phenols is 2. The van der Waals surface area contributed by atoms with E-state index < -0.39 is 11.6 Å². The first-order valence-electron chi connectivity index (χ1n) is 14.1. The second-order valence-corrected chi connectivity index (χ2v) is 11.1. The highest BCUT2D eigenvalue weighted by Gasteiger charge is 2.28. The lowest BCUT2D eigenvalue weighted by atomic mass is 9.95. The maximum Gasteiger partial charge on any atom is 0.244 e. The summed E-state index contributed by atoms with van der Waals surface area (Å²) in [4.78, 5) is 34.5. The number of aromatic amines is 2. The number of H-pyrrole nitrogens is 2. The van der Waals surface area contributed by atoms with Gasteiger partial charge in [-0.1, -0.05) is 0 Å². The number of carbonyl (C=O) groups is 2.